The van der Waals surface area contributed by atoms with Gasteiger partial charge in [0, 0.05) is 24.8 Å². The van der Waals surface area contributed by atoms with E-state index in [4.69, 9.17) is 9.47 Å². The van der Waals surface area contributed by atoms with Gasteiger partial charge in [-0.15, -0.1) is 0 Å². The first-order valence-corrected chi connectivity index (χ1v) is 9.26. The molecule has 1 heterocycles. The summed E-state index contributed by atoms with van der Waals surface area (Å²) in [6, 6.07) is 18.1. The van der Waals surface area contributed by atoms with Crippen LogP contribution in [0.4, 0.5) is 11.8 Å². The molecule has 1 aromatic heterocycles. The number of aromatic nitrogens is 2. The quantitative estimate of drug-likeness (QED) is 0.585. The lowest BCUT2D eigenvalue weighted by molar-refractivity contribution is 0.354. The summed E-state index contributed by atoms with van der Waals surface area (Å²) in [7, 11) is 3.28. The highest BCUT2D eigenvalue weighted by molar-refractivity contribution is 5.44. The van der Waals surface area contributed by atoms with Crippen LogP contribution < -0.4 is 20.1 Å². The standard InChI is InChI=1S/C22H26N4O2/c1-16-13-21(24-15-18-7-5-4-6-8-18)26-22(25-16)23-12-11-17-9-10-19(27-2)20(14-17)28-3/h4-10,13-14H,11-12,15H2,1-3H3,(H2,23,24,25,26). The zero-order valence-electron chi connectivity index (χ0n) is 16.5. The van der Waals surface area contributed by atoms with E-state index >= 15 is 0 Å². The minimum absolute atomic E-state index is 0.621. The van der Waals surface area contributed by atoms with E-state index in [1.165, 1.54) is 5.56 Å². The van der Waals surface area contributed by atoms with Crippen molar-refractivity contribution in [3.8, 4) is 11.5 Å². The number of rotatable bonds is 9. The summed E-state index contributed by atoms with van der Waals surface area (Å²) in [4.78, 5) is 9.04. The fourth-order valence-corrected chi connectivity index (χ4v) is 2.88. The number of methoxy groups -OCH3 is 2. The Morgan fingerprint density at radius 2 is 1.61 bits per heavy atom. The van der Waals surface area contributed by atoms with Crippen LogP contribution in [0.3, 0.4) is 0 Å². The molecule has 0 atom stereocenters. The number of hydrogen-bond donors (Lipinski definition) is 2. The largest absolute Gasteiger partial charge is 0.493 e. The molecule has 0 aliphatic heterocycles. The van der Waals surface area contributed by atoms with Gasteiger partial charge in [-0.05, 0) is 36.6 Å². The van der Waals surface area contributed by atoms with Crippen molar-refractivity contribution in [3.63, 3.8) is 0 Å². The van der Waals surface area contributed by atoms with Crippen molar-refractivity contribution in [2.24, 2.45) is 0 Å². The predicted octanol–water partition coefficient (Wildman–Crippen LogP) is 4.07. The topological polar surface area (TPSA) is 68.3 Å². The van der Waals surface area contributed by atoms with Gasteiger partial charge in [0.2, 0.25) is 5.95 Å². The molecule has 2 N–H and O–H groups in total. The summed E-state index contributed by atoms with van der Waals surface area (Å²) in [6.07, 6.45) is 0.824. The number of ether oxygens (including phenoxy) is 2. The van der Waals surface area contributed by atoms with Crippen LogP contribution in [-0.4, -0.2) is 30.7 Å². The van der Waals surface area contributed by atoms with Crippen molar-refractivity contribution >= 4 is 11.8 Å². The number of nitrogens with zero attached hydrogens (tertiary/aromatic N) is 2. The van der Waals surface area contributed by atoms with Crippen LogP contribution in [0.15, 0.2) is 54.6 Å². The number of benzene rings is 2. The van der Waals surface area contributed by atoms with Gasteiger partial charge in [-0.25, -0.2) is 4.98 Å². The molecule has 0 unspecified atom stereocenters. The maximum absolute atomic E-state index is 5.36. The molecule has 28 heavy (non-hydrogen) atoms. The second-order valence-corrected chi connectivity index (χ2v) is 6.42. The Morgan fingerprint density at radius 3 is 2.36 bits per heavy atom. The summed E-state index contributed by atoms with van der Waals surface area (Å²) in [5.41, 5.74) is 3.28. The van der Waals surface area contributed by atoms with Gasteiger partial charge in [0.25, 0.3) is 0 Å². The molecular weight excluding hydrogens is 352 g/mol. The van der Waals surface area contributed by atoms with Gasteiger partial charge in [0.05, 0.1) is 14.2 Å². The van der Waals surface area contributed by atoms with E-state index in [9.17, 15) is 0 Å². The van der Waals surface area contributed by atoms with E-state index in [0.717, 1.165) is 48.1 Å². The summed E-state index contributed by atoms with van der Waals surface area (Å²) < 4.78 is 10.6. The maximum atomic E-state index is 5.36. The molecule has 3 aromatic rings. The molecular formula is C22H26N4O2. The van der Waals surface area contributed by atoms with E-state index in [1.54, 1.807) is 14.2 Å². The normalized spacial score (nSPS) is 10.4. The number of nitrogens with one attached hydrogen (secondary N) is 2. The predicted molar refractivity (Wildman–Crippen MR) is 112 cm³/mol. The molecule has 0 radical (unpaired) electrons. The van der Waals surface area contributed by atoms with Crippen LogP contribution in [-0.2, 0) is 13.0 Å². The minimum Gasteiger partial charge on any atom is -0.493 e. The lowest BCUT2D eigenvalue weighted by atomic mass is 10.1. The van der Waals surface area contributed by atoms with Gasteiger partial charge in [-0.2, -0.15) is 4.98 Å². The second kappa shape index (κ2) is 9.60. The number of hydrogen-bond acceptors (Lipinski definition) is 6. The highest BCUT2D eigenvalue weighted by Crippen LogP contribution is 2.27. The van der Waals surface area contributed by atoms with Gasteiger partial charge < -0.3 is 20.1 Å². The SMILES string of the molecule is COc1ccc(CCNc2nc(C)cc(NCc3ccccc3)n2)cc1OC. The molecule has 146 valence electrons. The van der Waals surface area contributed by atoms with Crippen LogP contribution in [0.2, 0.25) is 0 Å². The molecule has 0 fully saturated rings. The van der Waals surface area contributed by atoms with E-state index < -0.39 is 0 Å². The number of anilines is 2. The third-order valence-corrected chi connectivity index (χ3v) is 4.32. The van der Waals surface area contributed by atoms with Gasteiger partial charge in [-0.3, -0.25) is 0 Å². The summed E-state index contributed by atoms with van der Waals surface area (Å²) >= 11 is 0. The summed E-state index contributed by atoms with van der Waals surface area (Å²) in [5.74, 6) is 2.90. The van der Waals surface area contributed by atoms with Crippen LogP contribution in [0.5, 0.6) is 11.5 Å². The average Bonchev–Trinajstić information content (AvgIpc) is 2.72. The Morgan fingerprint density at radius 1 is 0.821 bits per heavy atom. The highest BCUT2D eigenvalue weighted by atomic mass is 16.5. The number of aryl methyl sites for hydroxylation is 1. The lowest BCUT2D eigenvalue weighted by Gasteiger charge is -2.11. The fraction of sp³-hybridized carbons (Fsp3) is 0.273. The van der Waals surface area contributed by atoms with Crippen molar-refractivity contribution in [2.75, 3.05) is 31.4 Å². The van der Waals surface area contributed by atoms with E-state index in [0.29, 0.717) is 5.95 Å². The van der Waals surface area contributed by atoms with Crippen LogP contribution in [0, 0.1) is 6.92 Å². The Balaban J connectivity index is 1.58. The summed E-state index contributed by atoms with van der Waals surface area (Å²) in [5, 5.41) is 6.66. The minimum atomic E-state index is 0.621. The van der Waals surface area contributed by atoms with Crippen molar-refractivity contribution in [3.05, 3.63) is 71.4 Å². The molecule has 0 saturated carbocycles. The fourth-order valence-electron chi connectivity index (χ4n) is 2.88. The second-order valence-electron chi connectivity index (χ2n) is 6.42. The first kappa shape index (κ1) is 19.5. The zero-order chi connectivity index (χ0) is 19.8. The molecule has 0 bridgehead atoms. The molecule has 0 saturated heterocycles. The molecule has 0 aliphatic carbocycles. The zero-order valence-corrected chi connectivity index (χ0v) is 16.5. The third-order valence-electron chi connectivity index (χ3n) is 4.32. The molecule has 0 spiro atoms. The van der Waals surface area contributed by atoms with E-state index in [-0.39, 0.29) is 0 Å². The lowest BCUT2D eigenvalue weighted by Crippen LogP contribution is -2.10. The smallest absolute Gasteiger partial charge is 0.224 e. The van der Waals surface area contributed by atoms with Crippen molar-refractivity contribution in [2.45, 2.75) is 19.9 Å². The third kappa shape index (κ3) is 5.36. The van der Waals surface area contributed by atoms with E-state index in [2.05, 4.69) is 32.7 Å². The van der Waals surface area contributed by atoms with E-state index in [1.807, 2.05) is 49.4 Å². The van der Waals surface area contributed by atoms with Crippen LogP contribution in [0.25, 0.3) is 0 Å². The Kier molecular flexibility index (Phi) is 6.68. The molecule has 2 aromatic carbocycles. The van der Waals surface area contributed by atoms with Crippen molar-refractivity contribution in [1.82, 2.24) is 9.97 Å². The maximum Gasteiger partial charge on any atom is 0.224 e. The van der Waals surface area contributed by atoms with Crippen LogP contribution in [0.1, 0.15) is 16.8 Å². The first-order valence-electron chi connectivity index (χ1n) is 9.26. The molecule has 0 aliphatic rings. The monoisotopic (exact) mass is 378 g/mol. The molecule has 6 heteroatoms. The Labute approximate surface area is 166 Å². The Bertz CT molecular complexity index is 900. The van der Waals surface area contributed by atoms with Crippen LogP contribution >= 0.6 is 0 Å². The molecule has 0 amide bonds. The van der Waals surface area contributed by atoms with Gasteiger partial charge in [-0.1, -0.05) is 36.4 Å². The van der Waals surface area contributed by atoms with Crippen molar-refractivity contribution in [1.29, 1.82) is 0 Å². The molecule has 6 nitrogen and oxygen atoms in total. The van der Waals surface area contributed by atoms with Gasteiger partial charge >= 0.3 is 0 Å². The molecule has 3 rings (SSSR count). The van der Waals surface area contributed by atoms with Gasteiger partial charge in [0.1, 0.15) is 5.82 Å². The van der Waals surface area contributed by atoms with Crippen molar-refractivity contribution < 1.29 is 9.47 Å². The highest BCUT2D eigenvalue weighted by Gasteiger charge is 2.06. The first-order chi connectivity index (χ1) is 13.7. The Hall–Kier alpha value is -3.28. The average molecular weight is 378 g/mol. The summed E-state index contributed by atoms with van der Waals surface area (Å²) in [6.45, 7) is 3.41. The van der Waals surface area contributed by atoms with Gasteiger partial charge in [0.15, 0.2) is 11.5 Å².